The van der Waals surface area contributed by atoms with Crippen molar-refractivity contribution >= 4 is 64.0 Å². The highest BCUT2D eigenvalue weighted by Crippen LogP contribution is 2.67. The van der Waals surface area contributed by atoms with Crippen LogP contribution in [-0.2, 0) is 40.8 Å². The Hall–Kier alpha value is -3.62. The van der Waals surface area contributed by atoms with Gasteiger partial charge in [-0.05, 0) is 4.58 Å². The van der Waals surface area contributed by atoms with Crippen LogP contribution in [0.2, 0.25) is 0 Å². The number of H-pyrrole nitrogens is 2. The minimum atomic E-state index is -6.01. The second-order valence-electron chi connectivity index (χ2n) is 11.2. The van der Waals surface area contributed by atoms with Crippen molar-refractivity contribution in [3.63, 3.8) is 0 Å². The third kappa shape index (κ3) is 7.43. The van der Waals surface area contributed by atoms with Gasteiger partial charge in [-0.25, -0.2) is 18.7 Å². The molecule has 6 heterocycles. The number of anilines is 2. The molecule has 0 aromatic carbocycles. The van der Waals surface area contributed by atoms with Gasteiger partial charge in [0.05, 0.1) is 19.5 Å². The van der Waals surface area contributed by atoms with Crippen molar-refractivity contribution in [1.29, 1.82) is 0 Å². The first-order valence-electron chi connectivity index (χ1n) is 14.3. The van der Waals surface area contributed by atoms with E-state index in [9.17, 15) is 58.4 Å². The van der Waals surface area contributed by atoms with Gasteiger partial charge >= 0.3 is 52.8 Å². The predicted molar refractivity (Wildman–Crippen MR) is 163 cm³/mol. The molecule has 284 valence electrons. The van der Waals surface area contributed by atoms with E-state index >= 15 is 0 Å². The number of aliphatic hydroxyl groups is 4. The largest absolute Gasteiger partial charge is 0.493 e. The third-order valence-corrected chi connectivity index (χ3v) is 11.8. The molecule has 31 heteroatoms. The minimum Gasteiger partial charge on any atom is -0.387 e. The van der Waals surface area contributed by atoms with Crippen molar-refractivity contribution in [2.45, 2.75) is 49.1 Å². The summed E-state index contributed by atoms with van der Waals surface area (Å²) < 4.78 is 68.8. The zero-order valence-electron chi connectivity index (χ0n) is 25.9. The Bertz CT molecular complexity index is 2260. The molecular weight excluding hydrogens is 773 g/mol. The maximum absolute atomic E-state index is 12.5. The molecule has 0 amide bonds. The van der Waals surface area contributed by atoms with Gasteiger partial charge in [0.15, 0.2) is 30.5 Å². The predicted octanol–water partition coefficient (Wildman–Crippen LogP) is -4.39. The summed E-state index contributed by atoms with van der Waals surface area (Å²) in [4.78, 5) is 70.5. The molecule has 6 unspecified atom stereocenters. The highest BCUT2D eigenvalue weighted by molar-refractivity contribution is 7.66. The van der Waals surface area contributed by atoms with Crippen LogP contribution in [0.15, 0.2) is 15.9 Å². The number of phosphoric acid groups is 3. The first-order valence-corrected chi connectivity index (χ1v) is 18.8. The van der Waals surface area contributed by atoms with Gasteiger partial charge < -0.3 is 56.0 Å². The minimum absolute atomic E-state index is 0.0457. The number of fused-ring (bicyclic) bond motifs is 2. The zero-order chi connectivity index (χ0) is 38.1. The molecule has 3 aromatic rings. The number of aliphatic hydroxyl groups excluding tert-OH is 4. The lowest BCUT2D eigenvalue weighted by atomic mass is 10.1. The van der Waals surface area contributed by atoms with Crippen molar-refractivity contribution in [2.75, 3.05) is 31.7 Å². The number of imidazole rings is 1. The summed E-state index contributed by atoms with van der Waals surface area (Å²) in [5.41, 5.74) is 9.33. The number of nitrogens with one attached hydrogen (secondary N) is 2. The molecule has 6 rings (SSSR count). The number of rotatable bonds is 12. The Morgan fingerprint density at radius 3 is 2.06 bits per heavy atom. The number of hydrogen-bond acceptors (Lipinski definition) is 20. The zero-order valence-corrected chi connectivity index (χ0v) is 28.6. The molecular formula is C21H29N10O18P3+2. The van der Waals surface area contributed by atoms with Crippen molar-refractivity contribution in [3.05, 3.63) is 27.0 Å². The smallest absolute Gasteiger partial charge is 0.387 e. The average molecular weight is 802 g/mol. The summed E-state index contributed by atoms with van der Waals surface area (Å²) >= 11 is 0. The van der Waals surface area contributed by atoms with Gasteiger partial charge in [0.1, 0.15) is 30.5 Å². The van der Waals surface area contributed by atoms with E-state index in [0.29, 0.717) is 0 Å². The standard InChI is InChI=1S/C21H27N10O18P3/c1-29-5-31(15-9(29)17(37)28-21(23)26-15)19-13(35)11(33)7(47-19)3-45-51(40,41)49-52(42,43)48-50(38,39)44-2-6-10(32)12(34)18(46-6)30-4-24-8-14(30)25-20(22)27-16(8)36/h4,6-7,10-13,18-19,32-35H,2-3H2,1H3,(H7-2,22,23,25,26,27,28,36,37,38,39,40,41,42,43)/p+2/t6-,7-,10?,11?,12+,13?,18-,19-/m1/s1. The molecule has 0 aliphatic carbocycles. The summed E-state index contributed by atoms with van der Waals surface area (Å²) in [5, 5.41) is 42.0. The SMILES string of the molecule is C[N+]1=C=[N+]([C@@H]2O[C@H](COP(=O)(O)OP(=O)(O)OP(=O)(O)OC[C@H]3O[C@@H](n4cnc5c(=O)[nH]c(N)nc54)[C@@H](O)C3O)C(O)C2O)c2nc(N)[nH]c(=O)c21. The fraction of sp³-hybridized carbons (Fsp3) is 0.524. The second kappa shape index (κ2) is 13.7. The van der Waals surface area contributed by atoms with E-state index in [-0.39, 0.29) is 34.6 Å². The molecule has 0 radical (unpaired) electrons. The lowest BCUT2D eigenvalue weighted by molar-refractivity contribution is -0.551. The number of phosphoric ester groups is 2. The Labute approximate surface area is 286 Å². The third-order valence-electron chi connectivity index (χ3n) is 7.59. The van der Waals surface area contributed by atoms with Crippen LogP contribution in [0.3, 0.4) is 0 Å². The summed E-state index contributed by atoms with van der Waals surface area (Å²) in [6.45, 7) is -2.19. The molecule has 0 spiro atoms. The topological polar surface area (TPSA) is 416 Å². The summed E-state index contributed by atoms with van der Waals surface area (Å²) in [6.07, 6.45) is -12.4. The Balaban J connectivity index is 1.04. The number of aromatic nitrogens is 6. The first kappa shape index (κ1) is 38.1. The monoisotopic (exact) mass is 802 g/mol. The number of aromatic amines is 2. The van der Waals surface area contributed by atoms with Crippen LogP contribution >= 0.6 is 23.5 Å². The molecule has 2 saturated heterocycles. The molecule has 3 aromatic heterocycles. The van der Waals surface area contributed by atoms with Crippen LogP contribution in [0, 0.1) is 0 Å². The lowest BCUT2D eigenvalue weighted by Gasteiger charge is -2.21. The Morgan fingerprint density at radius 1 is 0.865 bits per heavy atom. The molecule has 2 fully saturated rings. The van der Waals surface area contributed by atoms with Gasteiger partial charge in [-0.2, -0.15) is 13.6 Å². The molecule has 0 saturated carbocycles. The van der Waals surface area contributed by atoms with Crippen molar-refractivity contribution in [3.8, 4) is 0 Å². The van der Waals surface area contributed by atoms with Gasteiger partial charge in [-0.15, -0.1) is 4.98 Å². The number of ether oxygens (including phenoxy) is 2. The summed E-state index contributed by atoms with van der Waals surface area (Å²) in [6, 6.07) is 2.64. The van der Waals surface area contributed by atoms with Crippen LogP contribution in [-0.4, -0.2) is 143 Å². The van der Waals surface area contributed by atoms with Crippen molar-refractivity contribution in [2.24, 2.45) is 0 Å². The van der Waals surface area contributed by atoms with Gasteiger partial charge in [0, 0.05) is 0 Å². The van der Waals surface area contributed by atoms with Crippen LogP contribution in [0.5, 0.6) is 0 Å². The van der Waals surface area contributed by atoms with Crippen molar-refractivity contribution in [1.82, 2.24) is 29.5 Å². The van der Waals surface area contributed by atoms with Gasteiger partial charge in [-0.1, -0.05) is 4.58 Å². The maximum Gasteiger partial charge on any atom is 0.493 e. The average Bonchev–Trinajstić information content (AvgIpc) is 3.74. The number of nitrogen functional groups attached to an aromatic ring is 2. The van der Waals surface area contributed by atoms with Crippen LogP contribution in [0.25, 0.3) is 11.2 Å². The van der Waals surface area contributed by atoms with E-state index in [4.69, 9.17) is 20.9 Å². The molecule has 3 aliphatic heterocycles. The normalized spacial score (nSPS) is 30.8. The lowest BCUT2D eigenvalue weighted by Crippen LogP contribution is -2.37. The van der Waals surface area contributed by atoms with Crippen LogP contribution in [0.1, 0.15) is 6.23 Å². The van der Waals surface area contributed by atoms with E-state index in [2.05, 4.69) is 48.6 Å². The van der Waals surface area contributed by atoms with E-state index < -0.39 is 96.9 Å². The number of nitrogens with zero attached hydrogens (tertiary/aromatic N) is 6. The molecule has 13 N–H and O–H groups in total. The maximum atomic E-state index is 12.5. The van der Waals surface area contributed by atoms with Gasteiger partial charge in [0.25, 0.3) is 5.56 Å². The second-order valence-corrected chi connectivity index (χ2v) is 15.8. The summed E-state index contributed by atoms with van der Waals surface area (Å²) in [7, 11) is -16.0. The van der Waals surface area contributed by atoms with Crippen LogP contribution < -0.4 is 22.6 Å². The van der Waals surface area contributed by atoms with Gasteiger partial charge in [0.2, 0.25) is 11.9 Å². The fourth-order valence-electron chi connectivity index (χ4n) is 5.34. The highest BCUT2D eigenvalue weighted by atomic mass is 31.3. The van der Waals surface area contributed by atoms with Crippen LogP contribution in [0.4, 0.5) is 23.4 Å². The van der Waals surface area contributed by atoms with Crippen molar-refractivity contribution < 1.29 is 85.1 Å². The molecule has 28 nitrogen and oxygen atoms in total. The molecule has 0 bridgehead atoms. The highest BCUT2D eigenvalue weighted by Gasteiger charge is 2.55. The van der Waals surface area contributed by atoms with E-state index in [0.717, 1.165) is 15.5 Å². The Kier molecular flexibility index (Phi) is 10.0. The van der Waals surface area contributed by atoms with Gasteiger partial charge in [-0.3, -0.25) is 33.2 Å². The molecule has 3 aliphatic rings. The molecule has 52 heavy (non-hydrogen) atoms. The Morgan fingerprint density at radius 2 is 1.42 bits per heavy atom. The van der Waals surface area contributed by atoms with E-state index in [1.54, 1.807) is 0 Å². The number of hydrogen-bond donors (Lipinski definition) is 11. The quantitative estimate of drug-likeness (QED) is 0.0608. The van der Waals surface area contributed by atoms with E-state index in [1.165, 1.54) is 11.6 Å². The summed E-state index contributed by atoms with van der Waals surface area (Å²) in [5.74, 6) is -0.732. The molecule has 11 atom stereocenters. The fourth-order valence-corrected chi connectivity index (χ4v) is 8.86. The van der Waals surface area contributed by atoms with E-state index in [1.807, 2.05) is 0 Å². The number of nitrogens with two attached hydrogens (primary N) is 2. The first-order chi connectivity index (χ1) is 24.2.